The number of anilines is 1. The van der Waals surface area contributed by atoms with Crippen LogP contribution >= 0.6 is 0 Å². The monoisotopic (exact) mass is 325 g/mol. The van der Waals surface area contributed by atoms with E-state index in [0.29, 0.717) is 12.1 Å². The van der Waals surface area contributed by atoms with E-state index in [1.54, 1.807) is 0 Å². The molecule has 24 heavy (non-hydrogen) atoms. The summed E-state index contributed by atoms with van der Waals surface area (Å²) in [5, 5.41) is 12.5. The summed E-state index contributed by atoms with van der Waals surface area (Å²) in [5.41, 5.74) is 3.53. The van der Waals surface area contributed by atoms with Gasteiger partial charge in [-0.2, -0.15) is 0 Å². The van der Waals surface area contributed by atoms with Crippen LogP contribution in [0, 0.1) is 6.92 Å². The Morgan fingerprint density at radius 2 is 1.92 bits per heavy atom. The Kier molecular flexibility index (Phi) is 5.11. The van der Waals surface area contributed by atoms with Crippen LogP contribution in [0.3, 0.4) is 0 Å². The first-order chi connectivity index (χ1) is 11.6. The van der Waals surface area contributed by atoms with Gasteiger partial charge in [-0.3, -0.25) is 9.78 Å². The highest BCUT2D eigenvalue weighted by Gasteiger charge is 2.17. The lowest BCUT2D eigenvalue weighted by atomic mass is 10.1. The SMILES string of the molecule is Cc1cccc(CNC(=O)c2ccc(N3CCC(O)CC3)cc2)n1. The second-order valence-corrected chi connectivity index (χ2v) is 6.22. The fraction of sp³-hybridized carbons (Fsp3) is 0.368. The van der Waals surface area contributed by atoms with Crippen LogP contribution in [0.1, 0.15) is 34.6 Å². The molecule has 1 aliphatic rings. The third-order valence-electron chi connectivity index (χ3n) is 4.34. The van der Waals surface area contributed by atoms with Crippen molar-refractivity contribution in [1.29, 1.82) is 0 Å². The van der Waals surface area contributed by atoms with E-state index in [1.807, 2.05) is 49.4 Å². The maximum Gasteiger partial charge on any atom is 0.251 e. The Morgan fingerprint density at radius 1 is 1.21 bits per heavy atom. The molecule has 1 aromatic heterocycles. The zero-order valence-electron chi connectivity index (χ0n) is 13.9. The van der Waals surface area contributed by atoms with Gasteiger partial charge in [-0.05, 0) is 56.2 Å². The fourth-order valence-corrected chi connectivity index (χ4v) is 2.92. The van der Waals surface area contributed by atoms with E-state index in [2.05, 4.69) is 15.2 Å². The highest BCUT2D eigenvalue weighted by atomic mass is 16.3. The normalized spacial score (nSPS) is 15.3. The number of nitrogens with zero attached hydrogens (tertiary/aromatic N) is 2. The largest absolute Gasteiger partial charge is 0.393 e. The summed E-state index contributed by atoms with van der Waals surface area (Å²) in [6.07, 6.45) is 1.42. The lowest BCUT2D eigenvalue weighted by Gasteiger charge is -2.31. The minimum Gasteiger partial charge on any atom is -0.393 e. The molecule has 3 rings (SSSR count). The van der Waals surface area contributed by atoms with Crippen molar-refractivity contribution in [1.82, 2.24) is 10.3 Å². The molecule has 2 heterocycles. The Morgan fingerprint density at radius 3 is 2.58 bits per heavy atom. The predicted octanol–water partition coefficient (Wildman–Crippen LogP) is 2.28. The molecule has 0 spiro atoms. The third kappa shape index (κ3) is 4.11. The van der Waals surface area contributed by atoms with Gasteiger partial charge in [0.2, 0.25) is 0 Å². The summed E-state index contributed by atoms with van der Waals surface area (Å²) in [4.78, 5) is 18.9. The van der Waals surface area contributed by atoms with Crippen LogP contribution in [0.2, 0.25) is 0 Å². The van der Waals surface area contributed by atoms with Gasteiger partial charge >= 0.3 is 0 Å². The van der Waals surface area contributed by atoms with Crippen LogP contribution < -0.4 is 10.2 Å². The number of piperidine rings is 1. The number of amides is 1. The number of carbonyl (C=O) groups is 1. The average Bonchev–Trinajstić information content (AvgIpc) is 2.61. The van der Waals surface area contributed by atoms with Crippen molar-refractivity contribution in [2.24, 2.45) is 0 Å². The third-order valence-corrected chi connectivity index (χ3v) is 4.34. The predicted molar refractivity (Wildman–Crippen MR) is 94.0 cm³/mol. The molecule has 1 fully saturated rings. The molecule has 2 N–H and O–H groups in total. The number of hydrogen-bond donors (Lipinski definition) is 2. The van der Waals surface area contributed by atoms with Gasteiger partial charge in [-0.15, -0.1) is 0 Å². The Hall–Kier alpha value is -2.40. The molecule has 0 saturated carbocycles. The van der Waals surface area contributed by atoms with Gasteiger partial charge in [0.15, 0.2) is 0 Å². The topological polar surface area (TPSA) is 65.5 Å². The first-order valence-corrected chi connectivity index (χ1v) is 8.35. The minimum atomic E-state index is -0.179. The number of aromatic nitrogens is 1. The Bertz CT molecular complexity index is 692. The molecule has 126 valence electrons. The lowest BCUT2D eigenvalue weighted by molar-refractivity contribution is 0.0950. The molecular formula is C19H23N3O2. The van der Waals surface area contributed by atoms with Crippen LogP contribution in [-0.2, 0) is 6.54 Å². The second kappa shape index (κ2) is 7.45. The molecular weight excluding hydrogens is 302 g/mol. The molecule has 0 aliphatic carbocycles. The lowest BCUT2D eigenvalue weighted by Crippen LogP contribution is -2.35. The van der Waals surface area contributed by atoms with E-state index in [4.69, 9.17) is 0 Å². The average molecular weight is 325 g/mol. The summed E-state index contributed by atoms with van der Waals surface area (Å²) in [6.45, 7) is 4.06. The van der Waals surface area contributed by atoms with Gasteiger partial charge in [-0.1, -0.05) is 6.07 Å². The van der Waals surface area contributed by atoms with E-state index in [9.17, 15) is 9.90 Å². The first kappa shape index (κ1) is 16.5. The number of nitrogens with one attached hydrogen (secondary N) is 1. The van der Waals surface area contributed by atoms with Crippen molar-refractivity contribution in [2.45, 2.75) is 32.4 Å². The van der Waals surface area contributed by atoms with Crippen LogP contribution in [0.25, 0.3) is 0 Å². The number of rotatable bonds is 4. The smallest absolute Gasteiger partial charge is 0.251 e. The molecule has 0 bridgehead atoms. The molecule has 2 aromatic rings. The molecule has 1 aromatic carbocycles. The van der Waals surface area contributed by atoms with Gasteiger partial charge < -0.3 is 15.3 Å². The van der Waals surface area contributed by atoms with Crippen molar-refractivity contribution < 1.29 is 9.90 Å². The van der Waals surface area contributed by atoms with E-state index in [0.717, 1.165) is 43.0 Å². The number of aliphatic hydroxyl groups excluding tert-OH is 1. The molecule has 1 amide bonds. The van der Waals surface area contributed by atoms with E-state index < -0.39 is 0 Å². The maximum atomic E-state index is 12.2. The van der Waals surface area contributed by atoms with E-state index in [1.165, 1.54) is 0 Å². The highest BCUT2D eigenvalue weighted by molar-refractivity contribution is 5.94. The van der Waals surface area contributed by atoms with Gasteiger partial charge in [0, 0.05) is 30.0 Å². The van der Waals surface area contributed by atoms with Gasteiger partial charge in [0.1, 0.15) is 0 Å². The van der Waals surface area contributed by atoms with Crippen molar-refractivity contribution in [3.63, 3.8) is 0 Å². The molecule has 0 atom stereocenters. The summed E-state index contributed by atoms with van der Waals surface area (Å²) >= 11 is 0. The van der Waals surface area contributed by atoms with Crippen LogP contribution in [0.4, 0.5) is 5.69 Å². The van der Waals surface area contributed by atoms with E-state index in [-0.39, 0.29) is 12.0 Å². The summed E-state index contributed by atoms with van der Waals surface area (Å²) in [6, 6.07) is 13.4. The van der Waals surface area contributed by atoms with Crippen LogP contribution in [0.5, 0.6) is 0 Å². The number of aliphatic hydroxyl groups is 1. The Labute approximate surface area is 142 Å². The number of carbonyl (C=O) groups excluding carboxylic acids is 1. The summed E-state index contributed by atoms with van der Waals surface area (Å²) in [7, 11) is 0. The van der Waals surface area contributed by atoms with Crippen LogP contribution in [-0.4, -0.2) is 35.2 Å². The van der Waals surface area contributed by atoms with Gasteiger partial charge in [0.25, 0.3) is 5.91 Å². The van der Waals surface area contributed by atoms with Crippen molar-refractivity contribution in [3.8, 4) is 0 Å². The molecule has 0 radical (unpaired) electrons. The van der Waals surface area contributed by atoms with Crippen molar-refractivity contribution >= 4 is 11.6 Å². The summed E-state index contributed by atoms with van der Waals surface area (Å²) < 4.78 is 0. The quantitative estimate of drug-likeness (QED) is 0.905. The van der Waals surface area contributed by atoms with Crippen molar-refractivity contribution in [3.05, 3.63) is 59.4 Å². The molecule has 0 unspecified atom stereocenters. The van der Waals surface area contributed by atoms with Crippen LogP contribution in [0.15, 0.2) is 42.5 Å². The number of aryl methyl sites for hydroxylation is 1. The first-order valence-electron chi connectivity index (χ1n) is 8.35. The maximum absolute atomic E-state index is 12.2. The molecule has 1 aliphatic heterocycles. The minimum absolute atomic E-state index is 0.0982. The number of hydrogen-bond acceptors (Lipinski definition) is 4. The zero-order valence-corrected chi connectivity index (χ0v) is 13.9. The fourth-order valence-electron chi connectivity index (χ4n) is 2.92. The summed E-state index contributed by atoms with van der Waals surface area (Å²) in [5.74, 6) is -0.0982. The number of pyridine rings is 1. The molecule has 1 saturated heterocycles. The van der Waals surface area contributed by atoms with Crippen molar-refractivity contribution in [2.75, 3.05) is 18.0 Å². The van der Waals surface area contributed by atoms with Gasteiger partial charge in [-0.25, -0.2) is 0 Å². The second-order valence-electron chi connectivity index (χ2n) is 6.22. The standard InChI is InChI=1S/C19H23N3O2/c1-14-3-2-4-16(21-14)13-20-19(24)15-5-7-17(8-6-15)22-11-9-18(23)10-12-22/h2-8,18,23H,9-13H2,1H3,(H,20,24). The van der Waals surface area contributed by atoms with E-state index >= 15 is 0 Å². The molecule has 5 heteroatoms. The molecule has 5 nitrogen and oxygen atoms in total. The zero-order chi connectivity index (χ0) is 16.9. The Balaban J connectivity index is 1.57. The van der Waals surface area contributed by atoms with Gasteiger partial charge in [0.05, 0.1) is 18.3 Å². The highest BCUT2D eigenvalue weighted by Crippen LogP contribution is 2.20. The number of benzene rings is 1.